The number of rotatable bonds is 7. The Hall–Kier alpha value is -3.94. The summed E-state index contributed by atoms with van der Waals surface area (Å²) in [6, 6.07) is 16.8. The molecule has 0 saturated carbocycles. The van der Waals surface area contributed by atoms with Crippen molar-refractivity contribution in [3.63, 3.8) is 0 Å². The normalized spacial score (nSPS) is 11.4. The number of hydrogen-bond donors (Lipinski definition) is 1. The van der Waals surface area contributed by atoms with E-state index in [2.05, 4.69) is 5.32 Å². The lowest BCUT2D eigenvalue weighted by Gasteiger charge is -2.18. The lowest BCUT2D eigenvalue weighted by molar-refractivity contribution is -0.384. The van der Waals surface area contributed by atoms with Gasteiger partial charge in [0.15, 0.2) is 6.10 Å². The molecule has 0 aliphatic rings. The predicted molar refractivity (Wildman–Crippen MR) is 110 cm³/mol. The van der Waals surface area contributed by atoms with Crippen LogP contribution in [-0.4, -0.2) is 24.0 Å². The van der Waals surface area contributed by atoms with Gasteiger partial charge in [0.25, 0.3) is 11.6 Å². The van der Waals surface area contributed by atoms with Gasteiger partial charge in [-0.25, -0.2) is 4.39 Å². The molecule has 0 aromatic heterocycles. The van der Waals surface area contributed by atoms with Crippen LogP contribution < -0.4 is 14.8 Å². The van der Waals surface area contributed by atoms with Crippen LogP contribution in [0.3, 0.4) is 0 Å². The zero-order valence-corrected chi connectivity index (χ0v) is 16.3. The number of non-ortho nitro benzene ring substituents is 1. The molecule has 0 radical (unpaired) electrons. The van der Waals surface area contributed by atoms with Crippen molar-refractivity contribution in [2.75, 3.05) is 12.4 Å². The van der Waals surface area contributed by atoms with Gasteiger partial charge in [-0.15, -0.1) is 0 Å². The molecule has 1 atom stereocenters. The zero-order chi connectivity index (χ0) is 21.7. The molecular weight excluding hydrogens is 391 g/mol. The Balaban J connectivity index is 1.87. The number of nitrogens with zero attached hydrogens (tertiary/aromatic N) is 1. The van der Waals surface area contributed by atoms with Crippen LogP contribution in [0.5, 0.6) is 11.5 Å². The molecule has 0 aliphatic heterocycles. The molecule has 3 rings (SSSR count). The summed E-state index contributed by atoms with van der Waals surface area (Å²) in [5.41, 5.74) is 1.02. The second-order valence-corrected chi connectivity index (χ2v) is 6.40. The van der Waals surface area contributed by atoms with E-state index in [4.69, 9.17) is 9.47 Å². The Kier molecular flexibility index (Phi) is 6.26. The molecule has 154 valence electrons. The molecule has 1 amide bonds. The number of methoxy groups -OCH3 is 1. The van der Waals surface area contributed by atoms with E-state index in [-0.39, 0.29) is 17.1 Å². The molecule has 30 heavy (non-hydrogen) atoms. The Morgan fingerprint density at radius 3 is 2.43 bits per heavy atom. The van der Waals surface area contributed by atoms with Gasteiger partial charge in [-0.1, -0.05) is 24.3 Å². The monoisotopic (exact) mass is 410 g/mol. The molecule has 0 heterocycles. The van der Waals surface area contributed by atoms with E-state index in [0.29, 0.717) is 16.9 Å². The number of anilines is 1. The molecule has 0 unspecified atom stereocenters. The van der Waals surface area contributed by atoms with Crippen molar-refractivity contribution >= 4 is 17.3 Å². The second-order valence-electron chi connectivity index (χ2n) is 6.40. The van der Waals surface area contributed by atoms with Crippen LogP contribution in [0.15, 0.2) is 66.7 Å². The molecule has 7 nitrogen and oxygen atoms in total. The number of amides is 1. The van der Waals surface area contributed by atoms with Crippen LogP contribution in [0, 0.1) is 15.9 Å². The first-order chi connectivity index (χ1) is 14.4. The lowest BCUT2D eigenvalue weighted by Crippen LogP contribution is -2.30. The largest absolute Gasteiger partial charge is 0.497 e. The van der Waals surface area contributed by atoms with Crippen molar-refractivity contribution in [2.45, 2.75) is 13.0 Å². The van der Waals surface area contributed by atoms with E-state index in [1.165, 1.54) is 50.4 Å². The molecule has 0 aliphatic carbocycles. The number of carbonyl (C=O) groups excluding carboxylic acids is 1. The van der Waals surface area contributed by atoms with Crippen molar-refractivity contribution in [3.8, 4) is 22.6 Å². The van der Waals surface area contributed by atoms with Gasteiger partial charge in [0, 0.05) is 17.7 Å². The predicted octanol–water partition coefficient (Wildman–Crippen LogP) is 4.82. The van der Waals surface area contributed by atoms with Gasteiger partial charge in [-0.05, 0) is 42.8 Å². The quantitative estimate of drug-likeness (QED) is 0.446. The topological polar surface area (TPSA) is 90.7 Å². The number of nitro groups is 1. The van der Waals surface area contributed by atoms with Gasteiger partial charge < -0.3 is 14.8 Å². The van der Waals surface area contributed by atoms with Crippen LogP contribution in [0.4, 0.5) is 15.8 Å². The number of carbonyl (C=O) groups is 1. The van der Waals surface area contributed by atoms with E-state index in [1.54, 1.807) is 30.3 Å². The summed E-state index contributed by atoms with van der Waals surface area (Å²) in [5, 5.41) is 13.7. The summed E-state index contributed by atoms with van der Waals surface area (Å²) >= 11 is 0. The summed E-state index contributed by atoms with van der Waals surface area (Å²) in [6.07, 6.45) is -0.983. The Morgan fingerprint density at radius 1 is 1.10 bits per heavy atom. The maximum Gasteiger partial charge on any atom is 0.270 e. The maximum atomic E-state index is 13.8. The number of nitrogens with one attached hydrogen (secondary N) is 1. The standard InChI is InChI=1S/C22H19FN2O5/c1-14(22(26)24-20-6-4-3-5-19(20)23)30-21-12-9-16(25(27)28)13-18(21)15-7-10-17(29-2)11-8-15/h3-14H,1-2H3,(H,24,26)/t14-/m1/s1. The number of halogens is 1. The molecule has 1 N–H and O–H groups in total. The van der Waals surface area contributed by atoms with Crippen molar-refractivity contribution in [3.05, 3.63) is 82.7 Å². The zero-order valence-electron chi connectivity index (χ0n) is 16.3. The molecule has 0 bridgehead atoms. The number of nitro benzene ring substituents is 1. The summed E-state index contributed by atoms with van der Waals surface area (Å²) in [5.74, 6) is -0.210. The summed E-state index contributed by atoms with van der Waals surface area (Å²) in [7, 11) is 1.53. The number of hydrogen-bond acceptors (Lipinski definition) is 5. The van der Waals surface area contributed by atoms with Gasteiger partial charge in [0.05, 0.1) is 17.7 Å². The van der Waals surface area contributed by atoms with Crippen LogP contribution in [-0.2, 0) is 4.79 Å². The minimum absolute atomic E-state index is 0.0389. The van der Waals surface area contributed by atoms with E-state index in [9.17, 15) is 19.3 Å². The van der Waals surface area contributed by atoms with E-state index < -0.39 is 22.8 Å². The highest BCUT2D eigenvalue weighted by atomic mass is 19.1. The highest BCUT2D eigenvalue weighted by Gasteiger charge is 2.20. The molecule has 3 aromatic rings. The average Bonchev–Trinajstić information content (AvgIpc) is 2.75. The van der Waals surface area contributed by atoms with Gasteiger partial charge in [0.1, 0.15) is 17.3 Å². The number of para-hydroxylation sites is 1. The van der Waals surface area contributed by atoms with Crippen molar-refractivity contribution in [2.24, 2.45) is 0 Å². The third-order valence-electron chi connectivity index (χ3n) is 4.38. The molecule has 0 fully saturated rings. The van der Waals surface area contributed by atoms with Crippen molar-refractivity contribution in [1.29, 1.82) is 0 Å². The fraction of sp³-hybridized carbons (Fsp3) is 0.136. The van der Waals surface area contributed by atoms with E-state index in [0.717, 1.165) is 0 Å². The number of ether oxygens (including phenoxy) is 2. The highest BCUT2D eigenvalue weighted by molar-refractivity contribution is 5.94. The van der Waals surface area contributed by atoms with Gasteiger partial charge >= 0.3 is 0 Å². The number of benzene rings is 3. The van der Waals surface area contributed by atoms with Gasteiger partial charge in [-0.3, -0.25) is 14.9 Å². The minimum atomic E-state index is -0.983. The molecule has 8 heteroatoms. The van der Waals surface area contributed by atoms with Crippen LogP contribution >= 0.6 is 0 Å². The molecule has 0 spiro atoms. The third-order valence-corrected chi connectivity index (χ3v) is 4.38. The lowest BCUT2D eigenvalue weighted by atomic mass is 10.0. The molecular formula is C22H19FN2O5. The van der Waals surface area contributed by atoms with E-state index >= 15 is 0 Å². The summed E-state index contributed by atoms with van der Waals surface area (Å²) in [6.45, 7) is 1.51. The SMILES string of the molecule is COc1ccc(-c2cc([N+](=O)[O-])ccc2O[C@H](C)C(=O)Nc2ccccc2F)cc1. The third kappa shape index (κ3) is 4.72. The Labute approximate surface area is 172 Å². The first kappa shape index (κ1) is 20.8. The minimum Gasteiger partial charge on any atom is -0.497 e. The van der Waals surface area contributed by atoms with Crippen LogP contribution in [0.25, 0.3) is 11.1 Å². The summed E-state index contributed by atoms with van der Waals surface area (Å²) < 4.78 is 24.7. The van der Waals surface area contributed by atoms with Crippen molar-refractivity contribution in [1.82, 2.24) is 0 Å². The fourth-order valence-electron chi connectivity index (χ4n) is 2.77. The summed E-state index contributed by atoms with van der Waals surface area (Å²) in [4.78, 5) is 23.1. The second kappa shape index (κ2) is 9.04. The fourth-order valence-corrected chi connectivity index (χ4v) is 2.77. The first-order valence-corrected chi connectivity index (χ1v) is 9.04. The smallest absolute Gasteiger partial charge is 0.270 e. The maximum absolute atomic E-state index is 13.8. The van der Waals surface area contributed by atoms with Gasteiger partial charge in [0.2, 0.25) is 0 Å². The van der Waals surface area contributed by atoms with Crippen molar-refractivity contribution < 1.29 is 23.6 Å². The molecule has 3 aromatic carbocycles. The highest BCUT2D eigenvalue weighted by Crippen LogP contribution is 2.35. The van der Waals surface area contributed by atoms with E-state index in [1.807, 2.05) is 0 Å². The Morgan fingerprint density at radius 2 is 1.80 bits per heavy atom. The average molecular weight is 410 g/mol. The first-order valence-electron chi connectivity index (χ1n) is 9.04. The van der Waals surface area contributed by atoms with Crippen LogP contribution in [0.2, 0.25) is 0 Å². The Bertz CT molecular complexity index is 1070. The molecule has 0 saturated heterocycles. The van der Waals surface area contributed by atoms with Gasteiger partial charge in [-0.2, -0.15) is 0 Å². The van der Waals surface area contributed by atoms with Crippen LogP contribution in [0.1, 0.15) is 6.92 Å².